The molecule has 0 radical (unpaired) electrons. The second-order valence-electron chi connectivity index (χ2n) is 7.02. The van der Waals surface area contributed by atoms with Crippen LogP contribution >= 0.6 is 12.4 Å². The van der Waals surface area contributed by atoms with Gasteiger partial charge in [0.1, 0.15) is 0 Å². The zero-order valence-electron chi connectivity index (χ0n) is 14.5. The molecule has 24 heavy (non-hydrogen) atoms. The SMILES string of the molecule is CNCCN1C(=O)CC[C@H]2CN(C(=O)C3CCOCC3)CC[C@H]21.Cl. The summed E-state index contributed by atoms with van der Waals surface area (Å²) >= 11 is 0. The number of fused-ring (bicyclic) bond motifs is 1. The van der Waals surface area contributed by atoms with Crippen LogP contribution in [0, 0.1) is 11.8 Å². The Bertz CT molecular complexity index is 443. The molecule has 0 aromatic carbocycles. The van der Waals surface area contributed by atoms with Crippen LogP contribution in [0.15, 0.2) is 0 Å². The van der Waals surface area contributed by atoms with E-state index >= 15 is 0 Å². The quantitative estimate of drug-likeness (QED) is 0.810. The first-order valence-corrected chi connectivity index (χ1v) is 9.01. The van der Waals surface area contributed by atoms with Crippen molar-refractivity contribution in [1.29, 1.82) is 0 Å². The molecule has 0 bridgehead atoms. The number of likely N-dealkylation sites (N-methyl/N-ethyl adjacent to an activating group) is 1. The average molecular weight is 360 g/mol. The van der Waals surface area contributed by atoms with Gasteiger partial charge >= 0.3 is 0 Å². The van der Waals surface area contributed by atoms with Crippen molar-refractivity contribution in [2.75, 3.05) is 46.4 Å². The van der Waals surface area contributed by atoms with Crippen LogP contribution in [0.25, 0.3) is 0 Å². The standard InChI is InChI=1S/C17H29N3O3.ClH/c1-18-7-9-20-15-4-8-19(12-14(15)2-3-16(20)21)17(22)13-5-10-23-11-6-13;/h13-15,18H,2-12H2,1H3;1H/t14-,15+;/m0./s1. The lowest BCUT2D eigenvalue weighted by Gasteiger charge is -2.47. The van der Waals surface area contributed by atoms with Gasteiger partial charge in [-0.3, -0.25) is 9.59 Å². The second-order valence-corrected chi connectivity index (χ2v) is 7.02. The Morgan fingerprint density at radius 1 is 1.25 bits per heavy atom. The number of carbonyl (C=O) groups excluding carboxylic acids is 2. The third kappa shape index (κ3) is 4.21. The minimum Gasteiger partial charge on any atom is -0.381 e. The molecule has 3 rings (SSSR count). The number of halogens is 1. The van der Waals surface area contributed by atoms with Crippen LogP contribution in [0.3, 0.4) is 0 Å². The van der Waals surface area contributed by atoms with Gasteiger partial charge in [-0.25, -0.2) is 0 Å². The average Bonchev–Trinajstić information content (AvgIpc) is 2.60. The van der Waals surface area contributed by atoms with E-state index in [1.165, 1.54) is 0 Å². The molecule has 2 amide bonds. The van der Waals surface area contributed by atoms with E-state index in [1.54, 1.807) is 0 Å². The summed E-state index contributed by atoms with van der Waals surface area (Å²) in [6.07, 6.45) is 4.20. The van der Waals surface area contributed by atoms with Gasteiger partial charge in [0.2, 0.25) is 11.8 Å². The number of ether oxygens (including phenoxy) is 1. The fraction of sp³-hybridized carbons (Fsp3) is 0.882. The molecular weight excluding hydrogens is 330 g/mol. The largest absolute Gasteiger partial charge is 0.381 e. The predicted molar refractivity (Wildman–Crippen MR) is 94.1 cm³/mol. The number of hydrogen-bond acceptors (Lipinski definition) is 4. The zero-order chi connectivity index (χ0) is 16.2. The predicted octanol–water partition coefficient (Wildman–Crippen LogP) is 0.894. The van der Waals surface area contributed by atoms with Crippen LogP contribution < -0.4 is 5.32 Å². The third-order valence-electron chi connectivity index (χ3n) is 5.63. The Kier molecular flexibility index (Phi) is 7.32. The van der Waals surface area contributed by atoms with Crippen molar-refractivity contribution >= 4 is 24.2 Å². The maximum atomic E-state index is 12.7. The molecule has 0 unspecified atom stereocenters. The summed E-state index contributed by atoms with van der Waals surface area (Å²) in [4.78, 5) is 29.1. The van der Waals surface area contributed by atoms with Gasteiger partial charge in [-0.05, 0) is 38.6 Å². The van der Waals surface area contributed by atoms with Crippen LogP contribution in [0.5, 0.6) is 0 Å². The van der Waals surface area contributed by atoms with Crippen molar-refractivity contribution in [3.63, 3.8) is 0 Å². The normalized spacial score (nSPS) is 28.3. The summed E-state index contributed by atoms with van der Waals surface area (Å²) in [6.45, 7) is 4.65. The smallest absolute Gasteiger partial charge is 0.225 e. The summed E-state index contributed by atoms with van der Waals surface area (Å²) in [7, 11) is 1.92. The van der Waals surface area contributed by atoms with E-state index < -0.39 is 0 Å². The van der Waals surface area contributed by atoms with Crippen LogP contribution in [0.2, 0.25) is 0 Å². The number of rotatable bonds is 4. The number of amides is 2. The lowest BCUT2D eigenvalue weighted by molar-refractivity contribution is -0.147. The molecule has 7 heteroatoms. The Morgan fingerprint density at radius 2 is 2.00 bits per heavy atom. The van der Waals surface area contributed by atoms with Gasteiger partial charge in [-0.2, -0.15) is 0 Å². The van der Waals surface area contributed by atoms with Crippen molar-refractivity contribution < 1.29 is 14.3 Å². The van der Waals surface area contributed by atoms with E-state index in [1.807, 2.05) is 7.05 Å². The van der Waals surface area contributed by atoms with Gasteiger partial charge in [-0.15, -0.1) is 12.4 Å². The molecule has 3 aliphatic heterocycles. The van der Waals surface area contributed by atoms with Gasteiger partial charge in [0, 0.05) is 57.8 Å². The highest BCUT2D eigenvalue weighted by Crippen LogP contribution is 2.32. The molecule has 0 aromatic heterocycles. The Labute approximate surface area is 150 Å². The molecule has 2 atom stereocenters. The van der Waals surface area contributed by atoms with Crippen molar-refractivity contribution in [2.45, 2.75) is 38.1 Å². The lowest BCUT2D eigenvalue weighted by Crippen LogP contribution is -2.58. The first-order chi connectivity index (χ1) is 11.2. The van der Waals surface area contributed by atoms with Crippen molar-refractivity contribution in [3.05, 3.63) is 0 Å². The fourth-order valence-electron chi connectivity index (χ4n) is 4.28. The Morgan fingerprint density at radius 3 is 2.71 bits per heavy atom. The molecular formula is C17H30ClN3O3. The van der Waals surface area contributed by atoms with Crippen molar-refractivity contribution in [1.82, 2.24) is 15.1 Å². The summed E-state index contributed by atoms with van der Waals surface area (Å²) < 4.78 is 5.37. The molecule has 0 saturated carbocycles. The molecule has 3 fully saturated rings. The number of carbonyl (C=O) groups is 2. The van der Waals surface area contributed by atoms with Crippen LogP contribution in [0.1, 0.15) is 32.1 Å². The minimum atomic E-state index is 0. The van der Waals surface area contributed by atoms with E-state index in [0.29, 0.717) is 37.5 Å². The number of nitrogens with one attached hydrogen (secondary N) is 1. The van der Waals surface area contributed by atoms with Crippen molar-refractivity contribution in [3.8, 4) is 0 Å². The molecule has 0 spiro atoms. The van der Waals surface area contributed by atoms with Gasteiger partial charge in [-0.1, -0.05) is 0 Å². The maximum Gasteiger partial charge on any atom is 0.225 e. The van der Waals surface area contributed by atoms with Gasteiger partial charge in [0.05, 0.1) is 0 Å². The molecule has 3 saturated heterocycles. The summed E-state index contributed by atoms with van der Waals surface area (Å²) in [5.41, 5.74) is 0. The number of likely N-dealkylation sites (tertiary alicyclic amines) is 2. The zero-order valence-corrected chi connectivity index (χ0v) is 15.4. The molecule has 0 aliphatic carbocycles. The maximum absolute atomic E-state index is 12.7. The molecule has 6 nitrogen and oxygen atoms in total. The van der Waals surface area contributed by atoms with E-state index in [9.17, 15) is 9.59 Å². The van der Waals surface area contributed by atoms with E-state index in [2.05, 4.69) is 15.1 Å². The molecule has 138 valence electrons. The summed E-state index contributed by atoms with van der Waals surface area (Å²) in [6, 6.07) is 0.323. The topological polar surface area (TPSA) is 61.9 Å². The van der Waals surface area contributed by atoms with Crippen molar-refractivity contribution in [2.24, 2.45) is 11.8 Å². The van der Waals surface area contributed by atoms with E-state index in [4.69, 9.17) is 4.74 Å². The van der Waals surface area contributed by atoms with Gasteiger partial charge in [0.25, 0.3) is 0 Å². The highest BCUT2D eigenvalue weighted by atomic mass is 35.5. The lowest BCUT2D eigenvalue weighted by atomic mass is 9.82. The first kappa shape index (κ1) is 19.5. The van der Waals surface area contributed by atoms with Crippen LogP contribution in [-0.2, 0) is 14.3 Å². The molecule has 1 N–H and O–H groups in total. The van der Waals surface area contributed by atoms with Crippen LogP contribution in [0.4, 0.5) is 0 Å². The molecule has 3 heterocycles. The summed E-state index contributed by atoms with van der Waals surface area (Å²) in [5.74, 6) is 1.18. The number of nitrogens with zero attached hydrogens (tertiary/aromatic N) is 2. The van der Waals surface area contributed by atoms with E-state index in [-0.39, 0.29) is 24.2 Å². The highest BCUT2D eigenvalue weighted by Gasteiger charge is 2.41. The number of piperidine rings is 2. The third-order valence-corrected chi connectivity index (χ3v) is 5.63. The molecule has 0 aromatic rings. The molecule has 3 aliphatic rings. The minimum absolute atomic E-state index is 0. The first-order valence-electron chi connectivity index (χ1n) is 9.01. The summed E-state index contributed by atoms with van der Waals surface area (Å²) in [5, 5.41) is 3.13. The second kappa shape index (κ2) is 9.02. The number of hydrogen-bond donors (Lipinski definition) is 1. The highest BCUT2D eigenvalue weighted by molar-refractivity contribution is 5.85. The van der Waals surface area contributed by atoms with E-state index in [0.717, 1.165) is 51.9 Å². The Hall–Kier alpha value is -0.850. The monoisotopic (exact) mass is 359 g/mol. The fourth-order valence-corrected chi connectivity index (χ4v) is 4.28. The van der Waals surface area contributed by atoms with Gasteiger partial charge < -0.3 is 19.9 Å². The Balaban J connectivity index is 0.00000208. The van der Waals surface area contributed by atoms with Gasteiger partial charge in [0.15, 0.2) is 0 Å². The van der Waals surface area contributed by atoms with Crippen LogP contribution in [-0.4, -0.2) is 74.1 Å².